The van der Waals surface area contributed by atoms with Crippen molar-refractivity contribution in [3.05, 3.63) is 29.8 Å². The fourth-order valence-corrected chi connectivity index (χ4v) is 1.51. The Balaban J connectivity index is 2.62. The molecule has 0 saturated heterocycles. The zero-order chi connectivity index (χ0) is 15.2. The lowest BCUT2D eigenvalue weighted by Gasteiger charge is -2.17. The lowest BCUT2D eigenvalue weighted by atomic mass is 10.2. The normalized spacial score (nSPS) is 12.6. The van der Waals surface area contributed by atoms with E-state index in [2.05, 4.69) is 4.30 Å². The summed E-state index contributed by atoms with van der Waals surface area (Å²) in [7, 11) is 0. The van der Waals surface area contributed by atoms with Gasteiger partial charge >= 0.3 is 28.8 Å². The Morgan fingerprint density at radius 3 is 2.70 bits per heavy atom. The first-order chi connectivity index (χ1) is 9.36. The molecule has 1 atom stereocenters. The summed E-state index contributed by atoms with van der Waals surface area (Å²) >= 11 is 0.464. The van der Waals surface area contributed by atoms with Crippen molar-refractivity contribution in [1.29, 1.82) is 0 Å². The first-order valence-corrected chi connectivity index (χ1v) is 7.05. The van der Waals surface area contributed by atoms with Crippen LogP contribution < -0.4 is 9.04 Å². The van der Waals surface area contributed by atoms with Gasteiger partial charge in [0.15, 0.2) is 0 Å². The molecule has 110 valence electrons. The lowest BCUT2D eigenvalue weighted by Crippen LogP contribution is -2.30. The van der Waals surface area contributed by atoms with E-state index in [9.17, 15) is 18.0 Å². The van der Waals surface area contributed by atoms with Gasteiger partial charge in [-0.25, -0.2) is 4.79 Å². The minimum Gasteiger partial charge on any atom is -0.490 e. The molecule has 0 saturated carbocycles. The zero-order valence-corrected chi connectivity index (χ0v) is 13.2. The van der Waals surface area contributed by atoms with Crippen molar-refractivity contribution in [2.45, 2.75) is 25.6 Å². The van der Waals surface area contributed by atoms with Crippen molar-refractivity contribution < 1.29 is 27.4 Å². The highest BCUT2D eigenvalue weighted by Crippen LogP contribution is 2.31. The van der Waals surface area contributed by atoms with Crippen molar-refractivity contribution in [3.63, 3.8) is 0 Å². The number of amides is 1. The van der Waals surface area contributed by atoms with Gasteiger partial charge in [-0.1, -0.05) is 13.0 Å². The molecule has 1 aromatic carbocycles. The maximum absolute atomic E-state index is 12.5. The first-order valence-electron chi connectivity index (χ1n) is 6.05. The van der Waals surface area contributed by atoms with Crippen LogP contribution in [0.2, 0.25) is 0 Å². The molecule has 8 heteroatoms. The summed E-state index contributed by atoms with van der Waals surface area (Å²) in [6.45, 7) is 1.80. The number of hydrogen-bond acceptors (Lipinski definition) is 3. The fraction of sp³-hybridized carbons (Fsp3) is 0.417. The Hall–Kier alpha value is -1.39. The summed E-state index contributed by atoms with van der Waals surface area (Å²) in [6.07, 6.45) is -4.95. The van der Waals surface area contributed by atoms with Crippen molar-refractivity contribution >= 4 is 22.6 Å². The number of carbonyl (C=O) groups is 1. The molecule has 1 aromatic rings. The summed E-state index contributed by atoms with van der Waals surface area (Å²) in [5.41, 5.74) is -0.777. The molecule has 0 heterocycles. The van der Waals surface area contributed by atoms with Crippen LogP contribution in [0.5, 0.6) is 5.75 Å². The molecule has 1 rings (SSSR count). The highest BCUT2D eigenvalue weighted by atomic mass is 27.1. The van der Waals surface area contributed by atoms with Gasteiger partial charge < -0.3 is 13.8 Å². The second kappa shape index (κ2) is 7.41. The minimum absolute atomic E-state index is 0.00673. The SMILES string of the molecule is CCC(COc1cccc(C(F)(F)F)c1)OC(=O)[NH][AlH2]. The van der Waals surface area contributed by atoms with Crippen LogP contribution in [-0.4, -0.2) is 35.3 Å². The minimum atomic E-state index is -4.41. The molecule has 1 N–H and O–H groups in total. The predicted octanol–water partition coefficient (Wildman–Crippen LogP) is 2.14. The molecule has 0 aromatic heterocycles. The molecular weight excluding hydrogens is 290 g/mol. The number of alkyl halides is 3. The van der Waals surface area contributed by atoms with Crippen LogP contribution >= 0.6 is 0 Å². The van der Waals surface area contributed by atoms with Gasteiger partial charge in [-0.2, -0.15) is 13.2 Å². The van der Waals surface area contributed by atoms with Gasteiger partial charge in [-0.05, 0) is 24.6 Å². The Labute approximate surface area is 122 Å². The molecule has 0 bridgehead atoms. The fourth-order valence-electron chi connectivity index (χ4n) is 1.40. The van der Waals surface area contributed by atoms with Crippen molar-refractivity contribution in [3.8, 4) is 5.75 Å². The van der Waals surface area contributed by atoms with Crippen LogP contribution in [0.15, 0.2) is 24.3 Å². The number of hydrogen-bond donors (Lipinski definition) is 1. The van der Waals surface area contributed by atoms with E-state index in [4.69, 9.17) is 9.47 Å². The maximum Gasteiger partial charge on any atom is 0.416 e. The second-order valence-electron chi connectivity index (χ2n) is 4.02. The molecule has 0 aliphatic rings. The first kappa shape index (κ1) is 16.7. The van der Waals surface area contributed by atoms with Crippen LogP contribution in [0.4, 0.5) is 18.0 Å². The number of ether oxygens (including phenoxy) is 2. The molecule has 0 radical (unpaired) electrons. The van der Waals surface area contributed by atoms with E-state index < -0.39 is 23.9 Å². The third-order valence-corrected chi connectivity index (χ3v) is 2.94. The zero-order valence-electron chi connectivity index (χ0n) is 11.2. The Kier molecular flexibility index (Phi) is 6.17. The van der Waals surface area contributed by atoms with E-state index in [0.29, 0.717) is 22.9 Å². The van der Waals surface area contributed by atoms with Gasteiger partial charge in [-0.3, -0.25) is 0 Å². The van der Waals surface area contributed by atoms with E-state index in [-0.39, 0.29) is 12.4 Å². The molecule has 1 amide bonds. The Morgan fingerprint density at radius 1 is 1.45 bits per heavy atom. The summed E-state index contributed by atoms with van der Waals surface area (Å²) in [4.78, 5) is 11.1. The monoisotopic (exact) mass is 305 g/mol. The molecular formula is C12H15AlF3NO3. The van der Waals surface area contributed by atoms with Gasteiger partial charge in [0, 0.05) is 0 Å². The van der Waals surface area contributed by atoms with E-state index in [0.717, 1.165) is 12.1 Å². The van der Waals surface area contributed by atoms with Crippen molar-refractivity contribution in [2.24, 2.45) is 0 Å². The quantitative estimate of drug-likeness (QED) is 0.848. The standard InChI is InChI=1S/C12H14F3NO3.Al.2H/c1-2-9(19-11(16)17)7-18-10-5-3-4-8(6-10)12(13,14)15;;;/h3-6,9H,2,7H2,1H3,(H2,16,17);;;/q;+1;;/p-1. The predicted molar refractivity (Wildman–Crippen MR) is 69.2 cm³/mol. The van der Waals surface area contributed by atoms with E-state index in [1.165, 1.54) is 12.1 Å². The summed E-state index contributed by atoms with van der Waals surface area (Å²) in [5.74, 6) is 0.0909. The average Bonchev–Trinajstić information content (AvgIpc) is 2.42. The van der Waals surface area contributed by atoms with E-state index in [1.807, 2.05) is 0 Å². The maximum atomic E-state index is 12.5. The van der Waals surface area contributed by atoms with Crippen LogP contribution in [0.25, 0.3) is 0 Å². The third-order valence-electron chi connectivity index (χ3n) is 2.53. The highest BCUT2D eigenvalue weighted by molar-refractivity contribution is 6.12. The van der Waals surface area contributed by atoms with Gasteiger partial charge in [0.05, 0.1) is 5.56 Å². The molecule has 20 heavy (non-hydrogen) atoms. The molecule has 4 nitrogen and oxygen atoms in total. The summed E-state index contributed by atoms with van der Waals surface area (Å²) in [6, 6.07) is 4.58. The largest absolute Gasteiger partial charge is 0.490 e. The third kappa shape index (κ3) is 5.31. The Bertz CT molecular complexity index is 454. The van der Waals surface area contributed by atoms with Crippen LogP contribution in [0, 0.1) is 0 Å². The Morgan fingerprint density at radius 2 is 2.15 bits per heavy atom. The highest BCUT2D eigenvalue weighted by Gasteiger charge is 2.30. The number of benzene rings is 1. The second-order valence-corrected chi connectivity index (χ2v) is 4.52. The van der Waals surface area contributed by atoms with Crippen LogP contribution in [-0.2, 0) is 10.9 Å². The van der Waals surface area contributed by atoms with E-state index in [1.54, 1.807) is 6.92 Å². The number of carbonyl (C=O) groups excluding carboxylic acids is 1. The molecule has 1 unspecified atom stereocenters. The summed E-state index contributed by atoms with van der Waals surface area (Å²) < 4.78 is 50.2. The molecule has 0 aliphatic carbocycles. The van der Waals surface area contributed by atoms with E-state index >= 15 is 0 Å². The topological polar surface area (TPSA) is 47.6 Å². The van der Waals surface area contributed by atoms with Gasteiger partial charge in [0.1, 0.15) is 18.5 Å². The molecule has 0 spiro atoms. The van der Waals surface area contributed by atoms with Crippen LogP contribution in [0.1, 0.15) is 18.9 Å². The van der Waals surface area contributed by atoms with Crippen LogP contribution in [0.3, 0.4) is 0 Å². The van der Waals surface area contributed by atoms with Gasteiger partial charge in [-0.15, -0.1) is 0 Å². The molecule has 0 fully saturated rings. The smallest absolute Gasteiger partial charge is 0.416 e. The van der Waals surface area contributed by atoms with Gasteiger partial charge in [0.25, 0.3) is 0 Å². The average molecular weight is 305 g/mol. The van der Waals surface area contributed by atoms with Crippen molar-refractivity contribution in [2.75, 3.05) is 6.61 Å². The van der Waals surface area contributed by atoms with Crippen molar-refractivity contribution in [1.82, 2.24) is 4.30 Å². The van der Waals surface area contributed by atoms with Gasteiger partial charge in [0.2, 0.25) is 0 Å². The molecule has 0 aliphatic heterocycles. The number of nitrogens with one attached hydrogen (secondary N) is 1. The number of halogens is 3. The summed E-state index contributed by atoms with van der Waals surface area (Å²) in [5, 5.41) is 0. The lowest BCUT2D eigenvalue weighted by molar-refractivity contribution is -0.137. The number of rotatable bonds is 5.